The Morgan fingerprint density at radius 2 is 2.40 bits per heavy atom. The molecule has 0 saturated carbocycles. The average Bonchev–Trinajstić information content (AvgIpc) is 2.23. The van der Waals surface area contributed by atoms with E-state index in [0.717, 1.165) is 25.5 Å². The van der Waals surface area contributed by atoms with E-state index in [1.54, 1.807) is 6.07 Å². The van der Waals surface area contributed by atoms with Gasteiger partial charge in [0.2, 0.25) is 0 Å². The summed E-state index contributed by atoms with van der Waals surface area (Å²) >= 11 is 0. The van der Waals surface area contributed by atoms with Gasteiger partial charge in [-0.05, 0) is 19.1 Å². The van der Waals surface area contributed by atoms with Crippen LogP contribution in [0.15, 0.2) is 18.2 Å². The lowest BCUT2D eigenvalue weighted by molar-refractivity contribution is 0.415. The van der Waals surface area contributed by atoms with Crippen LogP contribution in [0.4, 0.5) is 5.82 Å². The van der Waals surface area contributed by atoms with Gasteiger partial charge < -0.3 is 10.2 Å². The molecule has 78 valence electrons. The molecule has 1 fully saturated rings. The Morgan fingerprint density at radius 1 is 1.60 bits per heavy atom. The van der Waals surface area contributed by atoms with Crippen molar-refractivity contribution in [3.05, 3.63) is 23.9 Å². The highest BCUT2D eigenvalue weighted by Crippen LogP contribution is 2.16. The molecular formula is C11H14N4. The maximum absolute atomic E-state index is 8.78. The number of hydrogen-bond acceptors (Lipinski definition) is 4. The summed E-state index contributed by atoms with van der Waals surface area (Å²) in [5.74, 6) is 0.906. The Labute approximate surface area is 89.5 Å². The second kappa shape index (κ2) is 4.28. The predicted molar refractivity (Wildman–Crippen MR) is 58.6 cm³/mol. The monoisotopic (exact) mass is 202 g/mol. The van der Waals surface area contributed by atoms with E-state index < -0.39 is 0 Å². The standard InChI is InChI=1S/C11H14N4/c1-2-15(10-7-13-8-10)11-5-3-4-9(6-12)14-11/h3-5,10,13H,2,7-8H2,1H3. The minimum atomic E-state index is 0.484. The Kier molecular flexibility index (Phi) is 2.84. The normalized spacial score (nSPS) is 15.5. The van der Waals surface area contributed by atoms with Crippen LogP contribution in [0.2, 0.25) is 0 Å². The van der Waals surface area contributed by atoms with Crippen molar-refractivity contribution < 1.29 is 0 Å². The molecule has 0 bridgehead atoms. The number of aromatic nitrogens is 1. The maximum atomic E-state index is 8.78. The molecule has 0 aromatic carbocycles. The molecule has 1 aliphatic rings. The van der Waals surface area contributed by atoms with Crippen LogP contribution in [0.25, 0.3) is 0 Å². The molecule has 15 heavy (non-hydrogen) atoms. The highest BCUT2D eigenvalue weighted by Gasteiger charge is 2.24. The van der Waals surface area contributed by atoms with Gasteiger partial charge in [-0.3, -0.25) is 0 Å². The van der Waals surface area contributed by atoms with Gasteiger partial charge in [0.25, 0.3) is 0 Å². The largest absolute Gasteiger partial charge is 0.351 e. The third-order valence-corrected chi connectivity index (χ3v) is 2.68. The third kappa shape index (κ3) is 1.92. The van der Waals surface area contributed by atoms with Gasteiger partial charge in [0.15, 0.2) is 0 Å². The van der Waals surface area contributed by atoms with Crippen LogP contribution in [-0.2, 0) is 0 Å². The quantitative estimate of drug-likeness (QED) is 0.786. The first-order valence-corrected chi connectivity index (χ1v) is 5.19. The first-order chi connectivity index (χ1) is 7.35. The van der Waals surface area contributed by atoms with E-state index in [1.807, 2.05) is 12.1 Å². The molecule has 2 rings (SSSR count). The molecule has 0 amide bonds. The van der Waals surface area contributed by atoms with E-state index in [0.29, 0.717) is 11.7 Å². The van der Waals surface area contributed by atoms with Gasteiger partial charge in [-0.15, -0.1) is 0 Å². The minimum absolute atomic E-state index is 0.484. The number of hydrogen-bond donors (Lipinski definition) is 1. The number of likely N-dealkylation sites (N-methyl/N-ethyl adjacent to an activating group) is 1. The summed E-state index contributed by atoms with van der Waals surface area (Å²) < 4.78 is 0. The van der Waals surface area contributed by atoms with Gasteiger partial charge in [0.05, 0.1) is 6.04 Å². The number of anilines is 1. The van der Waals surface area contributed by atoms with Gasteiger partial charge in [0.1, 0.15) is 17.6 Å². The van der Waals surface area contributed by atoms with Crippen LogP contribution in [-0.4, -0.2) is 30.7 Å². The van der Waals surface area contributed by atoms with Crippen LogP contribution in [0, 0.1) is 11.3 Å². The molecule has 1 aromatic rings. The molecule has 1 saturated heterocycles. The highest BCUT2D eigenvalue weighted by molar-refractivity contribution is 5.43. The van der Waals surface area contributed by atoms with Crippen LogP contribution in [0.1, 0.15) is 12.6 Å². The molecule has 0 unspecified atom stereocenters. The van der Waals surface area contributed by atoms with Crippen molar-refractivity contribution in [2.45, 2.75) is 13.0 Å². The molecule has 4 nitrogen and oxygen atoms in total. The average molecular weight is 202 g/mol. The van der Waals surface area contributed by atoms with Crippen molar-refractivity contribution in [3.63, 3.8) is 0 Å². The highest BCUT2D eigenvalue weighted by atomic mass is 15.3. The smallest absolute Gasteiger partial charge is 0.142 e. The van der Waals surface area contributed by atoms with E-state index in [4.69, 9.17) is 5.26 Å². The summed E-state index contributed by atoms with van der Waals surface area (Å²) in [5.41, 5.74) is 0.484. The van der Waals surface area contributed by atoms with E-state index in [9.17, 15) is 0 Å². The molecule has 1 N–H and O–H groups in total. The first-order valence-electron chi connectivity index (χ1n) is 5.19. The van der Waals surface area contributed by atoms with Crippen molar-refractivity contribution in [2.24, 2.45) is 0 Å². The van der Waals surface area contributed by atoms with Gasteiger partial charge in [-0.1, -0.05) is 6.07 Å². The fourth-order valence-electron chi connectivity index (χ4n) is 1.75. The topological polar surface area (TPSA) is 52.0 Å². The number of nitriles is 1. The van der Waals surface area contributed by atoms with Crippen LogP contribution in [0.5, 0.6) is 0 Å². The second-order valence-electron chi connectivity index (χ2n) is 3.59. The second-order valence-corrected chi connectivity index (χ2v) is 3.59. The number of nitrogens with zero attached hydrogens (tertiary/aromatic N) is 3. The van der Waals surface area contributed by atoms with Gasteiger partial charge in [-0.25, -0.2) is 4.98 Å². The van der Waals surface area contributed by atoms with E-state index in [1.165, 1.54) is 0 Å². The van der Waals surface area contributed by atoms with Crippen molar-refractivity contribution in [2.75, 3.05) is 24.5 Å². The lowest BCUT2D eigenvalue weighted by atomic mass is 10.1. The summed E-state index contributed by atoms with van der Waals surface area (Å²) in [5, 5.41) is 12.0. The maximum Gasteiger partial charge on any atom is 0.142 e. The van der Waals surface area contributed by atoms with Crippen molar-refractivity contribution in [3.8, 4) is 6.07 Å². The Balaban J connectivity index is 2.22. The van der Waals surface area contributed by atoms with Crippen molar-refractivity contribution in [1.82, 2.24) is 10.3 Å². The molecule has 0 aliphatic carbocycles. The summed E-state index contributed by atoms with van der Waals surface area (Å²) in [6, 6.07) is 8.17. The summed E-state index contributed by atoms with van der Waals surface area (Å²) in [7, 11) is 0. The molecular weight excluding hydrogens is 188 g/mol. The van der Waals surface area contributed by atoms with E-state index >= 15 is 0 Å². The molecule has 0 radical (unpaired) electrons. The third-order valence-electron chi connectivity index (χ3n) is 2.68. The van der Waals surface area contributed by atoms with Crippen LogP contribution >= 0.6 is 0 Å². The number of pyridine rings is 1. The Bertz CT molecular complexity index is 378. The minimum Gasteiger partial charge on any atom is -0.351 e. The molecule has 0 atom stereocenters. The zero-order chi connectivity index (χ0) is 10.7. The van der Waals surface area contributed by atoms with Gasteiger partial charge in [-0.2, -0.15) is 5.26 Å². The zero-order valence-corrected chi connectivity index (χ0v) is 8.77. The molecule has 1 aliphatic heterocycles. The van der Waals surface area contributed by atoms with Crippen molar-refractivity contribution in [1.29, 1.82) is 5.26 Å². The lowest BCUT2D eigenvalue weighted by Gasteiger charge is -2.38. The Hall–Kier alpha value is -1.60. The molecule has 4 heteroatoms. The van der Waals surface area contributed by atoms with Gasteiger partial charge in [0, 0.05) is 19.6 Å². The summed E-state index contributed by atoms with van der Waals surface area (Å²) in [4.78, 5) is 6.54. The fourth-order valence-corrected chi connectivity index (χ4v) is 1.75. The SMILES string of the molecule is CCN(c1cccc(C#N)n1)C1CNC1. The van der Waals surface area contributed by atoms with Gasteiger partial charge >= 0.3 is 0 Å². The van der Waals surface area contributed by atoms with E-state index in [2.05, 4.69) is 28.2 Å². The van der Waals surface area contributed by atoms with E-state index in [-0.39, 0.29) is 0 Å². The Morgan fingerprint density at radius 3 is 2.93 bits per heavy atom. The molecule has 2 heterocycles. The fraction of sp³-hybridized carbons (Fsp3) is 0.455. The lowest BCUT2D eigenvalue weighted by Crippen LogP contribution is -2.57. The number of rotatable bonds is 3. The summed E-state index contributed by atoms with van der Waals surface area (Å²) in [6.07, 6.45) is 0. The first kappa shape index (κ1) is 9.94. The molecule has 0 spiro atoms. The van der Waals surface area contributed by atoms with Crippen LogP contribution in [0.3, 0.4) is 0 Å². The zero-order valence-electron chi connectivity index (χ0n) is 8.77. The van der Waals surface area contributed by atoms with Crippen LogP contribution < -0.4 is 10.2 Å². The molecule has 1 aromatic heterocycles. The number of nitrogens with one attached hydrogen (secondary N) is 1. The summed E-state index contributed by atoms with van der Waals surface area (Å²) in [6.45, 7) is 5.05. The predicted octanol–water partition coefficient (Wildman–Crippen LogP) is 0.751. The van der Waals surface area contributed by atoms with Crippen molar-refractivity contribution >= 4 is 5.82 Å².